The molecule has 2 aliphatic heterocycles. The summed E-state index contributed by atoms with van der Waals surface area (Å²) in [5.74, 6) is -6.26. The number of urea groups is 1. The lowest BCUT2D eigenvalue weighted by Gasteiger charge is -2.50. The fourth-order valence-corrected chi connectivity index (χ4v) is 7.12. The zero-order valence-corrected chi connectivity index (χ0v) is 17.8. The number of esters is 1. The molecule has 2 fully saturated rings. The molecule has 0 unspecified atom stereocenters. The van der Waals surface area contributed by atoms with E-state index in [1.54, 1.807) is 60.7 Å². The molecule has 2 aromatic rings. The average Bonchev–Trinajstić information content (AvgIpc) is 2.77. The largest absolute Gasteiger partial charge is 0.468 e. The van der Waals surface area contributed by atoms with Crippen LogP contribution < -0.4 is 10.6 Å². The van der Waals surface area contributed by atoms with Crippen molar-refractivity contribution in [1.82, 2.24) is 10.6 Å². The van der Waals surface area contributed by atoms with Gasteiger partial charge in [-0.25, -0.2) is 13.2 Å². The van der Waals surface area contributed by atoms with E-state index >= 15 is 0 Å². The molecule has 2 saturated heterocycles. The normalized spacial score (nSPS) is 26.2. The Labute approximate surface area is 184 Å². The molecule has 2 N–H and O–H groups in total. The maximum atomic E-state index is 13.5. The van der Waals surface area contributed by atoms with E-state index < -0.39 is 61.9 Å². The summed E-state index contributed by atoms with van der Waals surface area (Å²) in [7, 11) is -3.14. The van der Waals surface area contributed by atoms with Gasteiger partial charge in [-0.05, 0) is 11.1 Å². The third-order valence-electron chi connectivity index (χ3n) is 6.13. The van der Waals surface area contributed by atoms with Crippen LogP contribution in [0.1, 0.15) is 23.0 Å². The van der Waals surface area contributed by atoms with Crippen LogP contribution in [0.2, 0.25) is 0 Å². The van der Waals surface area contributed by atoms with Crippen LogP contribution in [-0.2, 0) is 29.0 Å². The Morgan fingerprint density at radius 3 is 1.91 bits per heavy atom. The summed E-state index contributed by atoms with van der Waals surface area (Å²) < 4.78 is 31.6. The zero-order valence-electron chi connectivity index (χ0n) is 17.0. The van der Waals surface area contributed by atoms with Gasteiger partial charge in [0.05, 0.1) is 12.9 Å². The predicted octanol–water partition coefficient (Wildman–Crippen LogP) is 0.876. The van der Waals surface area contributed by atoms with Gasteiger partial charge in [-0.1, -0.05) is 60.7 Å². The van der Waals surface area contributed by atoms with Crippen molar-refractivity contribution in [3.05, 3.63) is 71.8 Å². The molecule has 4 amide bonds. The smallest absolute Gasteiger partial charge is 0.328 e. The van der Waals surface area contributed by atoms with Crippen molar-refractivity contribution in [3.8, 4) is 0 Å². The van der Waals surface area contributed by atoms with Crippen molar-refractivity contribution in [1.29, 1.82) is 0 Å². The number of amides is 4. The van der Waals surface area contributed by atoms with Gasteiger partial charge in [0.15, 0.2) is 15.1 Å². The van der Waals surface area contributed by atoms with Crippen molar-refractivity contribution >= 4 is 33.7 Å². The van der Waals surface area contributed by atoms with Gasteiger partial charge in [0.1, 0.15) is 5.41 Å². The number of hydrogen-bond donors (Lipinski definition) is 2. The third kappa shape index (κ3) is 3.18. The highest BCUT2D eigenvalue weighted by molar-refractivity contribution is 7.92. The molecule has 2 heterocycles. The van der Waals surface area contributed by atoms with E-state index in [1.165, 1.54) is 0 Å². The number of barbiturate groups is 1. The number of benzene rings is 2. The number of nitrogens with one attached hydrogen (secondary N) is 2. The van der Waals surface area contributed by atoms with Gasteiger partial charge < -0.3 is 4.74 Å². The second kappa shape index (κ2) is 7.86. The lowest BCUT2D eigenvalue weighted by Crippen LogP contribution is -2.71. The minimum Gasteiger partial charge on any atom is -0.468 e. The summed E-state index contributed by atoms with van der Waals surface area (Å²) in [5, 5.41) is 2.42. The van der Waals surface area contributed by atoms with Crippen LogP contribution in [0, 0.1) is 5.41 Å². The summed E-state index contributed by atoms with van der Waals surface area (Å²) >= 11 is 0. The van der Waals surface area contributed by atoms with E-state index in [2.05, 4.69) is 10.6 Å². The number of rotatable bonds is 3. The molecule has 1 spiro atoms. The Bertz CT molecular complexity index is 1180. The standard InChI is InChI=1S/C22H20N2O7S/c1-31-18(25)17-16(14-10-6-3-7-11-14)22(19(26)23-21(28)24-20(22)27)15(12-32(17,29)30)13-8-4-2-5-9-13/h2-11,15-17H,12H2,1H3,(H2,23,24,26,27,28)/t15-,16-,17+/m0/s1. The van der Waals surface area contributed by atoms with E-state index in [0.717, 1.165) is 7.11 Å². The van der Waals surface area contributed by atoms with Crippen molar-refractivity contribution in [2.24, 2.45) is 5.41 Å². The van der Waals surface area contributed by atoms with Crippen molar-refractivity contribution in [2.45, 2.75) is 17.1 Å². The van der Waals surface area contributed by atoms with Gasteiger partial charge in [-0.15, -0.1) is 0 Å². The number of imide groups is 2. The zero-order chi connectivity index (χ0) is 23.1. The summed E-state index contributed by atoms with van der Waals surface area (Å²) in [6, 6.07) is 15.2. The summed E-state index contributed by atoms with van der Waals surface area (Å²) in [4.78, 5) is 51.7. The first kappa shape index (κ1) is 21.7. The highest BCUT2D eigenvalue weighted by atomic mass is 32.2. The van der Waals surface area contributed by atoms with E-state index in [0.29, 0.717) is 5.56 Å². The molecule has 4 rings (SSSR count). The first-order valence-electron chi connectivity index (χ1n) is 9.79. The molecular weight excluding hydrogens is 436 g/mol. The lowest BCUT2D eigenvalue weighted by atomic mass is 9.59. The SMILES string of the molecule is COC(=O)[C@H]1[C@H](c2ccccc2)C2(C(=O)NC(=O)NC2=O)[C@H](c2ccccc2)CS1(=O)=O. The fraction of sp³-hybridized carbons (Fsp3) is 0.273. The molecule has 2 aliphatic rings. The molecule has 32 heavy (non-hydrogen) atoms. The van der Waals surface area contributed by atoms with Gasteiger partial charge >= 0.3 is 12.0 Å². The van der Waals surface area contributed by atoms with Crippen LogP contribution in [0.4, 0.5) is 4.79 Å². The molecule has 9 nitrogen and oxygen atoms in total. The Morgan fingerprint density at radius 1 is 0.906 bits per heavy atom. The van der Waals surface area contributed by atoms with Gasteiger partial charge in [0, 0.05) is 11.8 Å². The Kier molecular flexibility index (Phi) is 5.33. The van der Waals surface area contributed by atoms with Gasteiger partial charge in [0.25, 0.3) is 0 Å². The molecule has 0 saturated carbocycles. The summed E-state index contributed by atoms with van der Waals surface area (Å²) in [6.45, 7) is 0. The Hall–Kier alpha value is -3.53. The fourth-order valence-electron chi connectivity index (χ4n) is 4.82. The number of ether oxygens (including phenoxy) is 1. The highest BCUT2D eigenvalue weighted by Gasteiger charge is 2.69. The number of hydrogen-bond acceptors (Lipinski definition) is 7. The first-order valence-corrected chi connectivity index (χ1v) is 11.5. The van der Waals surface area contributed by atoms with E-state index in [4.69, 9.17) is 4.74 Å². The topological polar surface area (TPSA) is 136 Å². The number of methoxy groups -OCH3 is 1. The first-order chi connectivity index (χ1) is 15.2. The van der Waals surface area contributed by atoms with Crippen LogP contribution in [-0.4, -0.2) is 50.3 Å². The quantitative estimate of drug-likeness (QED) is 0.517. The monoisotopic (exact) mass is 456 g/mol. The molecule has 0 aromatic heterocycles. The highest BCUT2D eigenvalue weighted by Crippen LogP contribution is 2.56. The van der Waals surface area contributed by atoms with Crippen LogP contribution in [0.3, 0.4) is 0 Å². The van der Waals surface area contributed by atoms with Crippen molar-refractivity contribution in [3.63, 3.8) is 0 Å². The molecule has 2 aromatic carbocycles. The summed E-state index contributed by atoms with van der Waals surface area (Å²) in [5.41, 5.74) is -1.40. The van der Waals surface area contributed by atoms with E-state index in [-0.39, 0.29) is 5.56 Å². The minimum atomic E-state index is -4.18. The maximum absolute atomic E-state index is 13.5. The van der Waals surface area contributed by atoms with Crippen LogP contribution >= 0.6 is 0 Å². The molecule has 166 valence electrons. The average molecular weight is 456 g/mol. The molecule has 0 bridgehead atoms. The number of sulfone groups is 1. The number of carbonyl (C=O) groups excluding carboxylic acids is 4. The van der Waals surface area contributed by atoms with Crippen molar-refractivity contribution in [2.75, 3.05) is 12.9 Å². The third-order valence-corrected chi connectivity index (χ3v) is 8.16. The van der Waals surface area contributed by atoms with Gasteiger partial charge in [0.2, 0.25) is 11.8 Å². The molecule has 3 atom stereocenters. The molecular formula is C22H20N2O7S. The van der Waals surface area contributed by atoms with Crippen LogP contribution in [0.15, 0.2) is 60.7 Å². The predicted molar refractivity (Wildman–Crippen MR) is 112 cm³/mol. The Morgan fingerprint density at radius 2 is 1.41 bits per heavy atom. The maximum Gasteiger partial charge on any atom is 0.328 e. The summed E-state index contributed by atoms with van der Waals surface area (Å²) in [6.07, 6.45) is 0. The molecule has 0 radical (unpaired) electrons. The number of carbonyl (C=O) groups is 4. The van der Waals surface area contributed by atoms with Gasteiger partial charge in [-0.2, -0.15) is 0 Å². The van der Waals surface area contributed by atoms with Crippen molar-refractivity contribution < 1.29 is 32.3 Å². The second-order valence-electron chi connectivity index (χ2n) is 7.73. The van der Waals surface area contributed by atoms with E-state index in [1.807, 2.05) is 0 Å². The van der Waals surface area contributed by atoms with Gasteiger partial charge in [-0.3, -0.25) is 25.0 Å². The second-order valence-corrected chi connectivity index (χ2v) is 9.90. The van der Waals surface area contributed by atoms with E-state index in [9.17, 15) is 27.6 Å². The lowest BCUT2D eigenvalue weighted by molar-refractivity contribution is -0.150. The minimum absolute atomic E-state index is 0.284. The Balaban J connectivity index is 2.09. The van der Waals surface area contributed by atoms with Crippen LogP contribution in [0.5, 0.6) is 0 Å². The van der Waals surface area contributed by atoms with Crippen LogP contribution in [0.25, 0.3) is 0 Å². The molecule has 10 heteroatoms. The molecule has 0 aliphatic carbocycles.